The van der Waals surface area contributed by atoms with Crippen LogP contribution in [0.2, 0.25) is 0 Å². The molecule has 1 aliphatic heterocycles. The van der Waals surface area contributed by atoms with Gasteiger partial charge in [-0.2, -0.15) is 0 Å². The molecule has 1 unspecified atom stereocenters. The topological polar surface area (TPSA) is 95.1 Å². The van der Waals surface area contributed by atoms with Crippen LogP contribution in [0.5, 0.6) is 23.0 Å². The lowest BCUT2D eigenvalue weighted by atomic mass is 10.1. The van der Waals surface area contributed by atoms with Crippen LogP contribution in [0.25, 0.3) is 0 Å². The van der Waals surface area contributed by atoms with Crippen molar-refractivity contribution in [3.63, 3.8) is 0 Å². The number of para-hydroxylation sites is 1. The summed E-state index contributed by atoms with van der Waals surface area (Å²) < 4.78 is 22.3. The molecule has 8 nitrogen and oxygen atoms in total. The first-order chi connectivity index (χ1) is 19.1. The molecule has 1 atom stereocenters. The third-order valence-electron chi connectivity index (χ3n) is 5.95. The first-order valence-corrected chi connectivity index (χ1v) is 12.6. The van der Waals surface area contributed by atoms with Crippen molar-refractivity contribution >= 4 is 17.5 Å². The van der Waals surface area contributed by atoms with Gasteiger partial charge in [-0.25, -0.2) is 0 Å². The lowest BCUT2D eigenvalue weighted by Gasteiger charge is -2.19. The summed E-state index contributed by atoms with van der Waals surface area (Å²) in [4.78, 5) is 26.1. The van der Waals surface area contributed by atoms with Crippen molar-refractivity contribution in [2.24, 2.45) is 0 Å². The van der Waals surface area contributed by atoms with Gasteiger partial charge in [-0.05, 0) is 59.7 Å². The molecule has 0 bridgehead atoms. The van der Waals surface area contributed by atoms with Gasteiger partial charge in [0.15, 0.2) is 11.5 Å². The summed E-state index contributed by atoms with van der Waals surface area (Å²) in [6, 6.07) is 30.5. The minimum Gasteiger partial charge on any atom is -0.457 e. The third kappa shape index (κ3) is 7.37. The summed E-state index contributed by atoms with van der Waals surface area (Å²) >= 11 is 0. The van der Waals surface area contributed by atoms with E-state index in [1.165, 1.54) is 0 Å². The number of benzene rings is 4. The summed E-state index contributed by atoms with van der Waals surface area (Å²) in [5, 5.41) is 5.67. The number of nitrogens with one attached hydrogen (secondary N) is 2. The van der Waals surface area contributed by atoms with Crippen LogP contribution in [0, 0.1) is 0 Å². The molecule has 0 aliphatic carbocycles. The molecule has 198 valence electrons. The van der Waals surface area contributed by atoms with Crippen LogP contribution in [0.3, 0.4) is 0 Å². The lowest BCUT2D eigenvalue weighted by molar-refractivity contribution is -0.127. The predicted molar refractivity (Wildman–Crippen MR) is 146 cm³/mol. The molecule has 4 aromatic carbocycles. The first kappa shape index (κ1) is 25.8. The van der Waals surface area contributed by atoms with E-state index in [9.17, 15) is 9.59 Å². The quantitative estimate of drug-likeness (QED) is 0.284. The molecule has 2 amide bonds. The number of carbonyl (C=O) groups is 2. The number of carbonyl (C=O) groups excluding carboxylic acids is 2. The summed E-state index contributed by atoms with van der Waals surface area (Å²) in [5.74, 6) is 1.89. The van der Waals surface area contributed by atoms with Crippen molar-refractivity contribution in [3.05, 3.63) is 114 Å². The van der Waals surface area contributed by atoms with E-state index in [0.717, 1.165) is 16.9 Å². The zero-order valence-electron chi connectivity index (χ0n) is 21.2. The second-order valence-electron chi connectivity index (χ2n) is 8.91. The van der Waals surface area contributed by atoms with E-state index >= 15 is 0 Å². The molecule has 0 spiro atoms. The molecule has 4 aromatic rings. The Hall–Kier alpha value is -4.82. The van der Waals surface area contributed by atoms with E-state index in [1.807, 2.05) is 60.7 Å². The molecule has 0 fully saturated rings. The standard InChI is InChI=1S/C31H28N2O6/c34-30(18-23-11-16-28-29(17-23)38-21-37-28)33-27(20-36-19-22-7-3-1-4-8-22)31(35)32-24-12-14-26(15-13-24)39-25-9-5-2-6-10-25/h1-17,27H,18-21H2,(H,32,35)(H,33,34). The van der Waals surface area contributed by atoms with Gasteiger partial charge in [-0.3, -0.25) is 9.59 Å². The minimum atomic E-state index is -0.907. The van der Waals surface area contributed by atoms with E-state index in [4.69, 9.17) is 18.9 Å². The highest BCUT2D eigenvalue weighted by atomic mass is 16.7. The maximum atomic E-state index is 13.2. The summed E-state index contributed by atoms with van der Waals surface area (Å²) in [5.41, 5.74) is 2.28. The molecule has 8 heteroatoms. The van der Waals surface area contributed by atoms with Crippen LogP contribution in [0.4, 0.5) is 5.69 Å². The Balaban J connectivity index is 1.21. The molecule has 1 aliphatic rings. The van der Waals surface area contributed by atoms with Gasteiger partial charge in [0.25, 0.3) is 0 Å². The Morgan fingerprint density at radius 1 is 0.769 bits per heavy atom. The highest BCUT2D eigenvalue weighted by Gasteiger charge is 2.22. The van der Waals surface area contributed by atoms with Crippen molar-refractivity contribution in [3.8, 4) is 23.0 Å². The van der Waals surface area contributed by atoms with Crippen molar-refractivity contribution < 1.29 is 28.5 Å². The maximum Gasteiger partial charge on any atom is 0.249 e. The monoisotopic (exact) mass is 524 g/mol. The van der Waals surface area contributed by atoms with Gasteiger partial charge in [0.1, 0.15) is 17.5 Å². The molecular formula is C31H28N2O6. The van der Waals surface area contributed by atoms with Gasteiger partial charge < -0.3 is 29.6 Å². The number of anilines is 1. The Bertz CT molecular complexity index is 1390. The smallest absolute Gasteiger partial charge is 0.249 e. The van der Waals surface area contributed by atoms with Crippen molar-refractivity contribution in [2.45, 2.75) is 19.1 Å². The van der Waals surface area contributed by atoms with Crippen molar-refractivity contribution in [2.75, 3.05) is 18.7 Å². The van der Waals surface area contributed by atoms with E-state index in [0.29, 0.717) is 29.5 Å². The number of hydrogen-bond acceptors (Lipinski definition) is 6. The number of ether oxygens (including phenoxy) is 4. The second kappa shape index (κ2) is 12.6. The maximum absolute atomic E-state index is 13.2. The van der Waals surface area contributed by atoms with Crippen LogP contribution in [-0.4, -0.2) is 31.3 Å². The zero-order chi connectivity index (χ0) is 26.9. The third-order valence-corrected chi connectivity index (χ3v) is 5.95. The Morgan fingerprint density at radius 2 is 1.46 bits per heavy atom. The van der Waals surface area contributed by atoms with Crippen molar-refractivity contribution in [1.29, 1.82) is 0 Å². The Kier molecular flexibility index (Phi) is 8.35. The molecule has 0 aromatic heterocycles. The van der Waals surface area contributed by atoms with Crippen molar-refractivity contribution in [1.82, 2.24) is 5.32 Å². The lowest BCUT2D eigenvalue weighted by Crippen LogP contribution is -2.47. The SMILES string of the molecule is O=C(Cc1ccc2c(c1)OCO2)NC(COCc1ccccc1)C(=O)Nc1ccc(Oc2ccccc2)cc1. The second-order valence-corrected chi connectivity index (χ2v) is 8.91. The van der Waals surface area contributed by atoms with E-state index in [2.05, 4.69) is 10.6 Å². The average Bonchev–Trinajstić information content (AvgIpc) is 3.43. The van der Waals surface area contributed by atoms with Crippen LogP contribution < -0.4 is 24.8 Å². The fourth-order valence-corrected chi connectivity index (χ4v) is 3.99. The van der Waals surface area contributed by atoms with Crippen LogP contribution in [0.15, 0.2) is 103 Å². The summed E-state index contributed by atoms with van der Waals surface area (Å²) in [7, 11) is 0. The summed E-state index contributed by atoms with van der Waals surface area (Å²) in [6.45, 7) is 0.475. The normalized spacial score (nSPS) is 12.4. The average molecular weight is 525 g/mol. The first-order valence-electron chi connectivity index (χ1n) is 12.6. The predicted octanol–water partition coefficient (Wildman–Crippen LogP) is 5.09. The van der Waals surface area contributed by atoms with Gasteiger partial charge in [-0.15, -0.1) is 0 Å². The molecule has 0 saturated carbocycles. The summed E-state index contributed by atoms with van der Waals surface area (Å²) in [6.07, 6.45) is 0.0740. The number of fused-ring (bicyclic) bond motifs is 1. The largest absolute Gasteiger partial charge is 0.457 e. The van der Waals surface area contributed by atoms with E-state index < -0.39 is 6.04 Å². The molecule has 0 saturated heterocycles. The van der Waals surface area contributed by atoms with Gasteiger partial charge in [-0.1, -0.05) is 54.6 Å². The highest BCUT2D eigenvalue weighted by molar-refractivity contribution is 5.97. The number of amides is 2. The van der Waals surface area contributed by atoms with Gasteiger partial charge in [0.2, 0.25) is 18.6 Å². The fourth-order valence-electron chi connectivity index (χ4n) is 3.99. The van der Waals surface area contributed by atoms with E-state index in [1.54, 1.807) is 42.5 Å². The Morgan fingerprint density at radius 3 is 2.23 bits per heavy atom. The van der Waals surface area contributed by atoms with Gasteiger partial charge >= 0.3 is 0 Å². The molecule has 1 heterocycles. The molecule has 5 rings (SSSR count). The zero-order valence-corrected chi connectivity index (χ0v) is 21.2. The molecule has 39 heavy (non-hydrogen) atoms. The number of hydrogen-bond donors (Lipinski definition) is 2. The van der Waals surface area contributed by atoms with E-state index in [-0.39, 0.29) is 31.6 Å². The molecular weight excluding hydrogens is 496 g/mol. The highest BCUT2D eigenvalue weighted by Crippen LogP contribution is 2.32. The van der Waals surface area contributed by atoms with Gasteiger partial charge in [0, 0.05) is 5.69 Å². The Labute approximate surface area is 226 Å². The fraction of sp³-hybridized carbons (Fsp3) is 0.161. The molecule has 2 N–H and O–H groups in total. The van der Waals surface area contributed by atoms with Gasteiger partial charge in [0.05, 0.1) is 19.6 Å². The van der Waals surface area contributed by atoms with Crippen LogP contribution >= 0.6 is 0 Å². The minimum absolute atomic E-state index is 0.00279. The van der Waals surface area contributed by atoms with Crippen LogP contribution in [-0.2, 0) is 27.4 Å². The number of rotatable bonds is 11. The van der Waals surface area contributed by atoms with Crippen LogP contribution in [0.1, 0.15) is 11.1 Å². The molecule has 0 radical (unpaired) electrons.